The van der Waals surface area contributed by atoms with E-state index in [-0.39, 0.29) is 5.91 Å². The number of nitrogens with one attached hydrogen (secondary N) is 2. The molecule has 90 valence electrons. The van der Waals surface area contributed by atoms with Gasteiger partial charge in [-0.2, -0.15) is 0 Å². The summed E-state index contributed by atoms with van der Waals surface area (Å²) in [4.78, 5) is 18.7. The van der Waals surface area contributed by atoms with Crippen molar-refractivity contribution in [3.05, 3.63) is 30.1 Å². The molecule has 2 aromatic rings. The summed E-state index contributed by atoms with van der Waals surface area (Å²) in [5, 5.41) is 2.91. The standard InChI is InChI=1S/C13H17N3O/c1-9(2)5-13(17)14-7-10-3-4-11-12(6-10)16-8-15-11/h3-4,6,8-9H,5,7H2,1-2H3,(H,14,17)(H,15,16). The maximum Gasteiger partial charge on any atom is 0.220 e. The van der Waals surface area contributed by atoms with E-state index in [1.54, 1.807) is 6.33 Å². The Bertz CT molecular complexity index is 516. The number of carbonyl (C=O) groups excluding carboxylic acids is 1. The molecule has 0 bridgehead atoms. The lowest BCUT2D eigenvalue weighted by Crippen LogP contribution is -2.23. The highest BCUT2D eigenvalue weighted by Crippen LogP contribution is 2.11. The number of hydrogen-bond acceptors (Lipinski definition) is 2. The molecule has 0 unspecified atom stereocenters. The number of aromatic nitrogens is 2. The Balaban J connectivity index is 1.96. The van der Waals surface area contributed by atoms with Crippen LogP contribution in [0.1, 0.15) is 25.8 Å². The van der Waals surface area contributed by atoms with Crippen LogP contribution in [0.4, 0.5) is 0 Å². The second kappa shape index (κ2) is 4.99. The van der Waals surface area contributed by atoms with Crippen LogP contribution >= 0.6 is 0 Å². The molecule has 1 heterocycles. The number of carbonyl (C=O) groups is 1. The first kappa shape index (κ1) is 11.6. The summed E-state index contributed by atoms with van der Waals surface area (Å²) in [6.45, 7) is 4.65. The molecule has 1 amide bonds. The van der Waals surface area contributed by atoms with E-state index in [4.69, 9.17) is 0 Å². The van der Waals surface area contributed by atoms with Gasteiger partial charge in [0.15, 0.2) is 0 Å². The molecular formula is C13H17N3O. The van der Waals surface area contributed by atoms with E-state index in [2.05, 4.69) is 15.3 Å². The minimum atomic E-state index is 0.102. The molecule has 0 radical (unpaired) electrons. The van der Waals surface area contributed by atoms with Crippen LogP contribution in [0.2, 0.25) is 0 Å². The van der Waals surface area contributed by atoms with E-state index in [1.807, 2.05) is 32.0 Å². The molecule has 0 spiro atoms. The highest BCUT2D eigenvalue weighted by Gasteiger charge is 2.04. The van der Waals surface area contributed by atoms with Crippen LogP contribution in [-0.4, -0.2) is 15.9 Å². The van der Waals surface area contributed by atoms with Crippen LogP contribution in [-0.2, 0) is 11.3 Å². The minimum Gasteiger partial charge on any atom is -0.352 e. The van der Waals surface area contributed by atoms with Crippen molar-refractivity contribution in [3.8, 4) is 0 Å². The van der Waals surface area contributed by atoms with Crippen LogP contribution in [0.15, 0.2) is 24.5 Å². The predicted molar refractivity (Wildman–Crippen MR) is 67.4 cm³/mol. The van der Waals surface area contributed by atoms with Crippen molar-refractivity contribution in [2.75, 3.05) is 0 Å². The van der Waals surface area contributed by atoms with Crippen LogP contribution in [0.5, 0.6) is 0 Å². The molecule has 4 heteroatoms. The first-order chi connectivity index (χ1) is 8.15. The van der Waals surface area contributed by atoms with Gasteiger partial charge in [-0.3, -0.25) is 4.79 Å². The Morgan fingerprint density at radius 2 is 2.29 bits per heavy atom. The fourth-order valence-corrected chi connectivity index (χ4v) is 1.74. The van der Waals surface area contributed by atoms with Crippen LogP contribution in [0, 0.1) is 5.92 Å². The van der Waals surface area contributed by atoms with E-state index < -0.39 is 0 Å². The van der Waals surface area contributed by atoms with Gasteiger partial charge in [0.2, 0.25) is 5.91 Å². The number of benzene rings is 1. The zero-order valence-electron chi connectivity index (χ0n) is 10.2. The number of hydrogen-bond donors (Lipinski definition) is 2. The zero-order valence-corrected chi connectivity index (χ0v) is 10.2. The summed E-state index contributed by atoms with van der Waals surface area (Å²) < 4.78 is 0. The third-order valence-electron chi connectivity index (χ3n) is 2.57. The summed E-state index contributed by atoms with van der Waals surface area (Å²) in [5.74, 6) is 0.495. The van der Waals surface area contributed by atoms with E-state index in [0.717, 1.165) is 16.6 Å². The molecule has 2 N–H and O–H groups in total. The molecule has 0 aliphatic rings. The topological polar surface area (TPSA) is 57.8 Å². The normalized spacial score (nSPS) is 11.0. The first-order valence-electron chi connectivity index (χ1n) is 5.84. The average Bonchev–Trinajstić information content (AvgIpc) is 2.72. The summed E-state index contributed by atoms with van der Waals surface area (Å²) in [6.07, 6.45) is 2.25. The van der Waals surface area contributed by atoms with Gasteiger partial charge in [0.1, 0.15) is 0 Å². The second-order valence-corrected chi connectivity index (χ2v) is 4.63. The lowest BCUT2D eigenvalue weighted by molar-refractivity contribution is -0.121. The molecule has 0 saturated heterocycles. The smallest absolute Gasteiger partial charge is 0.220 e. The van der Waals surface area contributed by atoms with Crippen molar-refractivity contribution in [2.45, 2.75) is 26.8 Å². The molecule has 0 saturated carbocycles. The van der Waals surface area contributed by atoms with E-state index >= 15 is 0 Å². The zero-order chi connectivity index (χ0) is 12.3. The summed E-state index contributed by atoms with van der Waals surface area (Å²) in [6, 6.07) is 5.95. The van der Waals surface area contributed by atoms with Crippen molar-refractivity contribution in [3.63, 3.8) is 0 Å². The number of nitrogens with zero attached hydrogens (tertiary/aromatic N) is 1. The summed E-state index contributed by atoms with van der Waals surface area (Å²) in [5.41, 5.74) is 3.03. The van der Waals surface area contributed by atoms with Crippen molar-refractivity contribution in [1.29, 1.82) is 0 Å². The number of rotatable bonds is 4. The van der Waals surface area contributed by atoms with E-state index in [1.165, 1.54) is 0 Å². The lowest BCUT2D eigenvalue weighted by atomic mass is 10.1. The van der Waals surface area contributed by atoms with Gasteiger partial charge < -0.3 is 10.3 Å². The van der Waals surface area contributed by atoms with Crippen LogP contribution in [0.25, 0.3) is 11.0 Å². The fourth-order valence-electron chi connectivity index (χ4n) is 1.74. The fraction of sp³-hybridized carbons (Fsp3) is 0.385. The monoisotopic (exact) mass is 231 g/mol. The molecule has 1 aromatic carbocycles. The number of aromatic amines is 1. The highest BCUT2D eigenvalue weighted by molar-refractivity contribution is 5.77. The molecule has 0 atom stereocenters. The van der Waals surface area contributed by atoms with Gasteiger partial charge in [-0.15, -0.1) is 0 Å². The van der Waals surface area contributed by atoms with Gasteiger partial charge in [-0.1, -0.05) is 19.9 Å². The molecule has 0 aliphatic heterocycles. The number of fused-ring (bicyclic) bond motifs is 1. The molecule has 4 nitrogen and oxygen atoms in total. The van der Waals surface area contributed by atoms with E-state index in [0.29, 0.717) is 18.9 Å². The SMILES string of the molecule is CC(C)CC(=O)NCc1ccc2nc[nH]c2c1. The van der Waals surface area contributed by atoms with Crippen molar-refractivity contribution < 1.29 is 4.79 Å². The summed E-state index contributed by atoms with van der Waals surface area (Å²) in [7, 11) is 0. The van der Waals surface area contributed by atoms with Gasteiger partial charge in [-0.25, -0.2) is 4.98 Å². The predicted octanol–water partition coefficient (Wildman–Crippen LogP) is 2.23. The quantitative estimate of drug-likeness (QED) is 0.847. The van der Waals surface area contributed by atoms with Gasteiger partial charge in [-0.05, 0) is 23.6 Å². The first-order valence-corrected chi connectivity index (χ1v) is 5.84. The molecule has 1 aromatic heterocycles. The largest absolute Gasteiger partial charge is 0.352 e. The third-order valence-corrected chi connectivity index (χ3v) is 2.57. The molecule has 17 heavy (non-hydrogen) atoms. The highest BCUT2D eigenvalue weighted by atomic mass is 16.1. The van der Waals surface area contributed by atoms with E-state index in [9.17, 15) is 4.79 Å². The van der Waals surface area contributed by atoms with Gasteiger partial charge in [0.25, 0.3) is 0 Å². The maximum atomic E-state index is 11.5. The molecular weight excluding hydrogens is 214 g/mol. The van der Waals surface area contributed by atoms with Crippen molar-refractivity contribution in [1.82, 2.24) is 15.3 Å². The molecule has 0 aliphatic carbocycles. The van der Waals surface area contributed by atoms with Gasteiger partial charge in [0.05, 0.1) is 17.4 Å². The Labute approximate surface area is 100 Å². The van der Waals surface area contributed by atoms with Crippen LogP contribution in [0.3, 0.4) is 0 Å². The van der Waals surface area contributed by atoms with Crippen LogP contribution < -0.4 is 5.32 Å². The van der Waals surface area contributed by atoms with Crippen molar-refractivity contribution >= 4 is 16.9 Å². The number of H-pyrrole nitrogens is 1. The second-order valence-electron chi connectivity index (χ2n) is 4.63. The lowest BCUT2D eigenvalue weighted by Gasteiger charge is -2.07. The third kappa shape index (κ3) is 3.06. The minimum absolute atomic E-state index is 0.102. The molecule has 2 rings (SSSR count). The maximum absolute atomic E-state index is 11.5. The number of amides is 1. The Morgan fingerprint density at radius 1 is 1.47 bits per heavy atom. The Morgan fingerprint density at radius 3 is 3.06 bits per heavy atom. The summed E-state index contributed by atoms with van der Waals surface area (Å²) >= 11 is 0. The van der Waals surface area contributed by atoms with Crippen molar-refractivity contribution in [2.24, 2.45) is 5.92 Å². The molecule has 0 fully saturated rings. The van der Waals surface area contributed by atoms with Gasteiger partial charge in [0, 0.05) is 13.0 Å². The Kier molecular flexibility index (Phi) is 3.42. The Hall–Kier alpha value is -1.84. The average molecular weight is 231 g/mol. The number of imidazole rings is 1. The van der Waals surface area contributed by atoms with Gasteiger partial charge >= 0.3 is 0 Å².